The van der Waals surface area contributed by atoms with Crippen LogP contribution in [-0.4, -0.2) is 24.5 Å². The fourth-order valence-electron chi connectivity index (χ4n) is 3.23. The quantitative estimate of drug-likeness (QED) is 0.739. The first-order valence-electron chi connectivity index (χ1n) is 6.15. The molecule has 1 saturated carbocycles. The number of hydrogen-bond donors (Lipinski definition) is 0. The van der Waals surface area contributed by atoms with Gasteiger partial charge in [-0.3, -0.25) is 0 Å². The van der Waals surface area contributed by atoms with Crippen molar-refractivity contribution in [2.75, 3.05) is 19.6 Å². The smallest absolute Gasteiger partial charge is 0.126 e. The molecule has 1 aromatic rings. The third-order valence-corrected chi connectivity index (χ3v) is 4.40. The molecule has 2 heteroatoms. The number of fused-ring (bicyclic) bond motifs is 1. The SMILES string of the molecule is CCN1CC2C[C@@]2(c2ccc(F)c(C)c2)C1. The minimum absolute atomic E-state index is 0.0808. The van der Waals surface area contributed by atoms with Gasteiger partial charge in [-0.25, -0.2) is 4.39 Å². The topological polar surface area (TPSA) is 3.24 Å². The summed E-state index contributed by atoms with van der Waals surface area (Å²) in [7, 11) is 0. The lowest BCUT2D eigenvalue weighted by Crippen LogP contribution is -2.26. The Morgan fingerprint density at radius 3 is 2.94 bits per heavy atom. The predicted molar refractivity (Wildman–Crippen MR) is 63.0 cm³/mol. The molecule has 0 bridgehead atoms. The van der Waals surface area contributed by atoms with Gasteiger partial charge in [0.15, 0.2) is 0 Å². The highest BCUT2D eigenvalue weighted by Gasteiger charge is 2.60. The molecule has 1 saturated heterocycles. The molecule has 86 valence electrons. The van der Waals surface area contributed by atoms with Crippen LogP contribution >= 0.6 is 0 Å². The first-order valence-corrected chi connectivity index (χ1v) is 6.15. The van der Waals surface area contributed by atoms with Crippen molar-refractivity contribution in [2.45, 2.75) is 25.7 Å². The molecule has 1 aliphatic heterocycles. The van der Waals surface area contributed by atoms with E-state index in [-0.39, 0.29) is 5.82 Å². The van der Waals surface area contributed by atoms with Crippen molar-refractivity contribution >= 4 is 0 Å². The minimum Gasteiger partial charge on any atom is -0.302 e. The number of benzene rings is 1. The lowest BCUT2D eigenvalue weighted by atomic mass is 9.93. The molecule has 1 aromatic carbocycles. The molecule has 0 amide bonds. The maximum absolute atomic E-state index is 13.3. The van der Waals surface area contributed by atoms with Crippen LogP contribution < -0.4 is 0 Å². The van der Waals surface area contributed by atoms with E-state index in [1.807, 2.05) is 13.0 Å². The molecule has 0 aromatic heterocycles. The van der Waals surface area contributed by atoms with Crippen molar-refractivity contribution in [3.05, 3.63) is 35.1 Å². The summed E-state index contributed by atoms with van der Waals surface area (Å²) in [5, 5.41) is 0. The highest BCUT2D eigenvalue weighted by Crippen LogP contribution is 2.58. The Hall–Kier alpha value is -0.890. The summed E-state index contributed by atoms with van der Waals surface area (Å²) in [5.74, 6) is 0.736. The van der Waals surface area contributed by atoms with Gasteiger partial charge in [0.2, 0.25) is 0 Å². The molecule has 1 aliphatic carbocycles. The monoisotopic (exact) mass is 219 g/mol. The summed E-state index contributed by atoms with van der Waals surface area (Å²) in [6.07, 6.45) is 1.30. The van der Waals surface area contributed by atoms with E-state index in [4.69, 9.17) is 0 Å². The van der Waals surface area contributed by atoms with Gasteiger partial charge in [-0.2, -0.15) is 0 Å². The summed E-state index contributed by atoms with van der Waals surface area (Å²) < 4.78 is 13.3. The van der Waals surface area contributed by atoms with E-state index >= 15 is 0 Å². The fourth-order valence-corrected chi connectivity index (χ4v) is 3.23. The van der Waals surface area contributed by atoms with Crippen LogP contribution in [0.3, 0.4) is 0 Å². The molecule has 2 aliphatic rings. The van der Waals surface area contributed by atoms with Gasteiger partial charge >= 0.3 is 0 Å². The number of rotatable bonds is 2. The largest absolute Gasteiger partial charge is 0.302 e. The third-order valence-electron chi connectivity index (χ3n) is 4.40. The molecule has 0 radical (unpaired) electrons. The van der Waals surface area contributed by atoms with Crippen LogP contribution in [0.5, 0.6) is 0 Å². The number of aryl methyl sites for hydroxylation is 1. The Balaban J connectivity index is 1.91. The summed E-state index contributed by atoms with van der Waals surface area (Å²) in [6.45, 7) is 7.61. The van der Waals surface area contributed by atoms with Crippen molar-refractivity contribution in [1.29, 1.82) is 0 Å². The Kier molecular flexibility index (Phi) is 2.12. The Morgan fingerprint density at radius 1 is 1.50 bits per heavy atom. The van der Waals surface area contributed by atoms with Gasteiger partial charge in [0.1, 0.15) is 5.82 Å². The van der Waals surface area contributed by atoms with Crippen LogP contribution in [0.1, 0.15) is 24.5 Å². The Morgan fingerprint density at radius 2 is 2.31 bits per heavy atom. The van der Waals surface area contributed by atoms with Gasteiger partial charge in [-0.15, -0.1) is 0 Å². The summed E-state index contributed by atoms with van der Waals surface area (Å²) in [4.78, 5) is 2.51. The summed E-state index contributed by atoms with van der Waals surface area (Å²) in [5.41, 5.74) is 2.51. The van der Waals surface area contributed by atoms with E-state index in [2.05, 4.69) is 17.9 Å². The lowest BCUT2D eigenvalue weighted by Gasteiger charge is -2.19. The van der Waals surface area contributed by atoms with Crippen molar-refractivity contribution in [2.24, 2.45) is 5.92 Å². The standard InChI is InChI=1S/C14H18FN/c1-3-16-8-12-7-14(12,9-16)11-4-5-13(15)10(2)6-11/h4-6,12H,3,7-9H2,1-2H3/t12?,14-/m0/s1. The van der Waals surface area contributed by atoms with E-state index in [0.717, 1.165) is 18.0 Å². The van der Waals surface area contributed by atoms with Gasteiger partial charge in [-0.1, -0.05) is 19.1 Å². The van der Waals surface area contributed by atoms with E-state index in [1.165, 1.54) is 25.1 Å². The average Bonchev–Trinajstić information content (AvgIpc) is 2.86. The number of hydrogen-bond acceptors (Lipinski definition) is 1. The van der Waals surface area contributed by atoms with Crippen molar-refractivity contribution in [3.8, 4) is 0 Å². The number of halogens is 1. The van der Waals surface area contributed by atoms with Crippen LogP contribution in [0.15, 0.2) is 18.2 Å². The third kappa shape index (κ3) is 1.32. The van der Waals surface area contributed by atoms with Gasteiger partial charge in [0, 0.05) is 18.5 Å². The van der Waals surface area contributed by atoms with Crippen molar-refractivity contribution < 1.29 is 4.39 Å². The average molecular weight is 219 g/mol. The van der Waals surface area contributed by atoms with Gasteiger partial charge in [0.05, 0.1) is 0 Å². The zero-order chi connectivity index (χ0) is 11.3. The highest BCUT2D eigenvalue weighted by molar-refractivity contribution is 5.39. The lowest BCUT2D eigenvalue weighted by molar-refractivity contribution is 0.314. The minimum atomic E-state index is -0.0808. The molecule has 1 heterocycles. The zero-order valence-corrected chi connectivity index (χ0v) is 9.96. The summed E-state index contributed by atoms with van der Waals surface area (Å²) in [6, 6.07) is 5.67. The van der Waals surface area contributed by atoms with E-state index in [9.17, 15) is 4.39 Å². The van der Waals surface area contributed by atoms with E-state index < -0.39 is 0 Å². The Bertz CT molecular complexity index is 429. The zero-order valence-electron chi connectivity index (χ0n) is 9.96. The predicted octanol–water partition coefficient (Wildman–Crippen LogP) is 2.73. The van der Waals surface area contributed by atoms with Crippen molar-refractivity contribution in [3.63, 3.8) is 0 Å². The second-order valence-electron chi connectivity index (χ2n) is 5.35. The van der Waals surface area contributed by atoms with Crippen LogP contribution in [0.25, 0.3) is 0 Å². The molecule has 0 N–H and O–H groups in total. The molecule has 3 rings (SSSR count). The number of likely N-dealkylation sites (N-methyl/N-ethyl adjacent to an activating group) is 1. The molecule has 2 fully saturated rings. The van der Waals surface area contributed by atoms with E-state index in [0.29, 0.717) is 5.41 Å². The van der Waals surface area contributed by atoms with Crippen molar-refractivity contribution in [1.82, 2.24) is 4.90 Å². The van der Waals surface area contributed by atoms with Crippen LogP contribution in [-0.2, 0) is 5.41 Å². The van der Waals surface area contributed by atoms with E-state index in [1.54, 1.807) is 6.07 Å². The van der Waals surface area contributed by atoms with Gasteiger partial charge in [0.25, 0.3) is 0 Å². The fraction of sp³-hybridized carbons (Fsp3) is 0.571. The Labute approximate surface area is 96.3 Å². The first kappa shape index (κ1) is 10.3. The van der Waals surface area contributed by atoms with Gasteiger partial charge in [-0.05, 0) is 43.0 Å². The molecule has 1 nitrogen and oxygen atoms in total. The normalized spacial score (nSPS) is 32.8. The number of likely N-dealkylation sites (tertiary alicyclic amines) is 1. The molecular formula is C14H18FN. The number of piperidine rings is 1. The van der Waals surface area contributed by atoms with Gasteiger partial charge < -0.3 is 4.90 Å². The summed E-state index contributed by atoms with van der Waals surface area (Å²) >= 11 is 0. The second-order valence-corrected chi connectivity index (χ2v) is 5.35. The molecule has 1 unspecified atom stereocenters. The van der Waals surface area contributed by atoms with Crippen LogP contribution in [0.4, 0.5) is 4.39 Å². The highest BCUT2D eigenvalue weighted by atomic mass is 19.1. The molecular weight excluding hydrogens is 201 g/mol. The number of nitrogens with zero attached hydrogens (tertiary/aromatic N) is 1. The first-order chi connectivity index (χ1) is 7.65. The maximum Gasteiger partial charge on any atom is 0.126 e. The second kappa shape index (κ2) is 3.30. The molecule has 2 atom stereocenters. The maximum atomic E-state index is 13.3. The molecule has 0 spiro atoms. The molecule has 16 heavy (non-hydrogen) atoms. The van der Waals surface area contributed by atoms with Crippen LogP contribution in [0.2, 0.25) is 0 Å². The van der Waals surface area contributed by atoms with Crippen LogP contribution in [0, 0.1) is 18.7 Å².